The highest BCUT2D eigenvalue weighted by molar-refractivity contribution is 5.91. The highest BCUT2D eigenvalue weighted by atomic mass is 16.5. The number of aromatic nitrogens is 2. The summed E-state index contributed by atoms with van der Waals surface area (Å²) in [7, 11) is 0. The first-order chi connectivity index (χ1) is 10.1. The van der Waals surface area contributed by atoms with Crippen molar-refractivity contribution in [3.63, 3.8) is 0 Å². The Labute approximate surface area is 119 Å². The molecule has 3 N–H and O–H groups in total. The van der Waals surface area contributed by atoms with E-state index < -0.39 is 5.97 Å². The van der Waals surface area contributed by atoms with Crippen LogP contribution in [0.5, 0.6) is 11.6 Å². The van der Waals surface area contributed by atoms with Gasteiger partial charge in [-0.2, -0.15) is 0 Å². The van der Waals surface area contributed by atoms with Crippen molar-refractivity contribution in [2.24, 2.45) is 0 Å². The van der Waals surface area contributed by atoms with E-state index in [-0.39, 0.29) is 17.1 Å². The lowest BCUT2D eigenvalue weighted by molar-refractivity contribution is 0.0693. The van der Waals surface area contributed by atoms with Gasteiger partial charge < -0.3 is 15.6 Å². The Kier molecular flexibility index (Phi) is 3.12. The number of anilines is 1. The van der Waals surface area contributed by atoms with Gasteiger partial charge in [-0.15, -0.1) is 0 Å². The van der Waals surface area contributed by atoms with Crippen LogP contribution in [0.1, 0.15) is 10.4 Å². The van der Waals surface area contributed by atoms with Gasteiger partial charge >= 0.3 is 5.97 Å². The monoisotopic (exact) mass is 281 g/mol. The van der Waals surface area contributed by atoms with Gasteiger partial charge in [0, 0.05) is 11.6 Å². The van der Waals surface area contributed by atoms with Crippen molar-refractivity contribution in [1.29, 1.82) is 0 Å². The Balaban J connectivity index is 2.09. The second kappa shape index (κ2) is 5.09. The molecule has 6 heteroatoms. The SMILES string of the molecule is Nc1cnc(Oc2cccc3cccnc23)c(C(=O)O)c1. The Morgan fingerprint density at radius 2 is 2.00 bits per heavy atom. The number of nitrogen functional groups attached to an aromatic ring is 1. The lowest BCUT2D eigenvalue weighted by Crippen LogP contribution is -2.03. The minimum absolute atomic E-state index is 0.0187. The molecule has 1 aromatic carbocycles. The molecule has 104 valence electrons. The van der Waals surface area contributed by atoms with Crippen molar-refractivity contribution in [2.45, 2.75) is 0 Å². The summed E-state index contributed by atoms with van der Waals surface area (Å²) < 4.78 is 5.63. The largest absolute Gasteiger partial charge is 0.477 e. The van der Waals surface area contributed by atoms with Gasteiger partial charge in [0.1, 0.15) is 11.1 Å². The normalized spacial score (nSPS) is 10.5. The molecule has 0 bridgehead atoms. The topological polar surface area (TPSA) is 98.3 Å². The number of rotatable bonds is 3. The quantitative estimate of drug-likeness (QED) is 0.765. The third-order valence-corrected chi connectivity index (χ3v) is 2.91. The zero-order valence-electron chi connectivity index (χ0n) is 10.9. The average Bonchev–Trinajstić information content (AvgIpc) is 2.49. The highest BCUT2D eigenvalue weighted by Crippen LogP contribution is 2.29. The van der Waals surface area contributed by atoms with E-state index in [4.69, 9.17) is 10.5 Å². The molecule has 0 spiro atoms. The smallest absolute Gasteiger partial charge is 0.341 e. The number of para-hydroxylation sites is 1. The summed E-state index contributed by atoms with van der Waals surface area (Å²) in [6.07, 6.45) is 2.99. The molecule has 0 fully saturated rings. The molecule has 3 rings (SSSR count). The van der Waals surface area contributed by atoms with Crippen LogP contribution in [0.2, 0.25) is 0 Å². The maximum Gasteiger partial charge on any atom is 0.341 e. The fourth-order valence-corrected chi connectivity index (χ4v) is 1.97. The number of nitrogens with zero attached hydrogens (tertiary/aromatic N) is 2. The first kappa shape index (κ1) is 12.9. The highest BCUT2D eigenvalue weighted by Gasteiger charge is 2.15. The van der Waals surface area contributed by atoms with Crippen molar-refractivity contribution in [1.82, 2.24) is 9.97 Å². The summed E-state index contributed by atoms with van der Waals surface area (Å²) in [5.74, 6) is -0.735. The van der Waals surface area contributed by atoms with Gasteiger partial charge in [0.05, 0.1) is 11.9 Å². The molecular weight excluding hydrogens is 270 g/mol. The van der Waals surface area contributed by atoms with E-state index in [2.05, 4.69) is 9.97 Å². The van der Waals surface area contributed by atoms with Crippen molar-refractivity contribution >= 4 is 22.6 Å². The molecule has 21 heavy (non-hydrogen) atoms. The van der Waals surface area contributed by atoms with Crippen LogP contribution >= 0.6 is 0 Å². The number of ether oxygens (including phenoxy) is 1. The molecule has 0 saturated carbocycles. The Morgan fingerprint density at radius 3 is 2.81 bits per heavy atom. The summed E-state index contributed by atoms with van der Waals surface area (Å²) in [6, 6.07) is 10.4. The van der Waals surface area contributed by atoms with Crippen molar-refractivity contribution in [3.8, 4) is 11.6 Å². The first-order valence-corrected chi connectivity index (χ1v) is 6.15. The van der Waals surface area contributed by atoms with Crippen LogP contribution in [0.3, 0.4) is 0 Å². The van der Waals surface area contributed by atoms with Gasteiger partial charge in [-0.1, -0.05) is 18.2 Å². The van der Waals surface area contributed by atoms with Crippen molar-refractivity contribution in [2.75, 3.05) is 5.73 Å². The Hall–Kier alpha value is -3.15. The van der Waals surface area contributed by atoms with Crippen LogP contribution in [-0.4, -0.2) is 21.0 Å². The summed E-state index contributed by atoms with van der Waals surface area (Å²) in [4.78, 5) is 19.4. The summed E-state index contributed by atoms with van der Waals surface area (Å²) in [5.41, 5.74) is 6.36. The molecule has 0 aliphatic carbocycles. The zero-order chi connectivity index (χ0) is 14.8. The van der Waals surface area contributed by atoms with E-state index in [9.17, 15) is 9.90 Å². The van der Waals surface area contributed by atoms with E-state index >= 15 is 0 Å². The van der Waals surface area contributed by atoms with Crippen molar-refractivity contribution < 1.29 is 14.6 Å². The van der Waals surface area contributed by atoms with Gasteiger partial charge in [0.15, 0.2) is 5.75 Å². The molecule has 0 radical (unpaired) electrons. The predicted molar refractivity (Wildman–Crippen MR) is 77.4 cm³/mol. The fraction of sp³-hybridized carbons (Fsp3) is 0. The molecule has 0 unspecified atom stereocenters. The minimum atomic E-state index is -1.15. The molecule has 0 saturated heterocycles. The van der Waals surface area contributed by atoms with E-state index in [1.165, 1.54) is 12.3 Å². The van der Waals surface area contributed by atoms with Gasteiger partial charge in [-0.25, -0.2) is 9.78 Å². The van der Waals surface area contributed by atoms with Gasteiger partial charge in [0.2, 0.25) is 5.88 Å². The van der Waals surface area contributed by atoms with Gasteiger partial charge in [-0.3, -0.25) is 4.98 Å². The third kappa shape index (κ3) is 2.46. The van der Waals surface area contributed by atoms with E-state index in [1.54, 1.807) is 18.3 Å². The maximum atomic E-state index is 11.2. The summed E-state index contributed by atoms with van der Waals surface area (Å²) in [6.45, 7) is 0. The number of carboxylic acids is 1. The van der Waals surface area contributed by atoms with E-state index in [0.29, 0.717) is 11.3 Å². The molecule has 2 heterocycles. The Bertz CT molecular complexity index is 828. The molecule has 0 atom stereocenters. The number of pyridine rings is 2. The lowest BCUT2D eigenvalue weighted by atomic mass is 10.2. The summed E-state index contributed by atoms with van der Waals surface area (Å²) in [5, 5.41) is 10.1. The van der Waals surface area contributed by atoms with E-state index in [0.717, 1.165) is 5.39 Å². The first-order valence-electron chi connectivity index (χ1n) is 6.15. The van der Waals surface area contributed by atoms with Gasteiger partial charge in [-0.05, 0) is 18.2 Å². The molecule has 0 aliphatic rings. The molecule has 3 aromatic rings. The van der Waals surface area contributed by atoms with Crippen molar-refractivity contribution in [3.05, 3.63) is 54.4 Å². The summed E-state index contributed by atoms with van der Waals surface area (Å²) >= 11 is 0. The number of hydrogen-bond donors (Lipinski definition) is 2. The lowest BCUT2D eigenvalue weighted by Gasteiger charge is -2.09. The minimum Gasteiger partial charge on any atom is -0.477 e. The maximum absolute atomic E-state index is 11.2. The van der Waals surface area contributed by atoms with Crippen LogP contribution in [-0.2, 0) is 0 Å². The van der Waals surface area contributed by atoms with Crippen LogP contribution in [0.15, 0.2) is 48.8 Å². The molecule has 2 aromatic heterocycles. The standard InChI is InChI=1S/C15H11N3O3/c16-10-7-11(15(19)20)14(18-8-10)21-12-5-1-3-9-4-2-6-17-13(9)12/h1-8H,16H2,(H,19,20). The molecule has 0 aliphatic heterocycles. The van der Waals surface area contributed by atoms with Crippen LogP contribution in [0.25, 0.3) is 10.9 Å². The number of benzene rings is 1. The second-order valence-electron chi connectivity index (χ2n) is 4.36. The Morgan fingerprint density at radius 1 is 1.19 bits per heavy atom. The molecular formula is C15H11N3O3. The number of aromatic carboxylic acids is 1. The second-order valence-corrected chi connectivity index (χ2v) is 4.36. The van der Waals surface area contributed by atoms with Crippen LogP contribution in [0.4, 0.5) is 5.69 Å². The number of nitrogens with two attached hydrogens (primary N) is 1. The molecule has 6 nitrogen and oxygen atoms in total. The zero-order valence-corrected chi connectivity index (χ0v) is 10.9. The fourth-order valence-electron chi connectivity index (χ4n) is 1.97. The predicted octanol–water partition coefficient (Wildman–Crippen LogP) is 2.70. The molecule has 0 amide bonds. The van der Waals surface area contributed by atoms with Gasteiger partial charge in [0.25, 0.3) is 0 Å². The van der Waals surface area contributed by atoms with Crippen LogP contribution in [0, 0.1) is 0 Å². The number of hydrogen-bond acceptors (Lipinski definition) is 5. The number of carboxylic acid groups (broad SMARTS) is 1. The third-order valence-electron chi connectivity index (χ3n) is 2.91. The van der Waals surface area contributed by atoms with Crippen LogP contribution < -0.4 is 10.5 Å². The number of carbonyl (C=O) groups is 1. The number of fused-ring (bicyclic) bond motifs is 1. The average molecular weight is 281 g/mol. The van der Waals surface area contributed by atoms with E-state index in [1.807, 2.05) is 18.2 Å².